The van der Waals surface area contributed by atoms with Crippen LogP contribution < -0.4 is 5.32 Å². The largest absolute Gasteiger partial charge is 0.464 e. The van der Waals surface area contributed by atoms with E-state index in [1.54, 1.807) is 17.8 Å². The Bertz CT molecular complexity index is 383. The van der Waals surface area contributed by atoms with Gasteiger partial charge in [-0.25, -0.2) is 4.79 Å². The molecule has 1 aliphatic heterocycles. The van der Waals surface area contributed by atoms with E-state index in [0.29, 0.717) is 12.3 Å². The van der Waals surface area contributed by atoms with E-state index in [-0.39, 0.29) is 6.04 Å². The Morgan fingerprint density at radius 1 is 1.75 bits per heavy atom. The highest BCUT2D eigenvalue weighted by atomic mass is 16.5. The SMILES string of the molecule is COC(=O)c1cc(C2COCCN2)n(C)n1. The summed E-state index contributed by atoms with van der Waals surface area (Å²) in [4.78, 5) is 11.3. The number of carbonyl (C=O) groups excluding carboxylic acids is 1. The third kappa shape index (κ3) is 2.07. The maximum Gasteiger partial charge on any atom is 0.358 e. The van der Waals surface area contributed by atoms with Crippen molar-refractivity contribution in [1.82, 2.24) is 15.1 Å². The molecule has 0 amide bonds. The van der Waals surface area contributed by atoms with Gasteiger partial charge in [0.2, 0.25) is 0 Å². The lowest BCUT2D eigenvalue weighted by Crippen LogP contribution is -2.35. The maximum atomic E-state index is 11.3. The molecule has 1 aromatic heterocycles. The van der Waals surface area contributed by atoms with E-state index in [1.807, 2.05) is 0 Å². The molecule has 88 valence electrons. The number of rotatable bonds is 2. The predicted molar refractivity (Wildman–Crippen MR) is 56.1 cm³/mol. The fraction of sp³-hybridized carbons (Fsp3) is 0.600. The molecule has 16 heavy (non-hydrogen) atoms. The summed E-state index contributed by atoms with van der Waals surface area (Å²) in [5.41, 5.74) is 1.26. The molecule has 1 N–H and O–H groups in total. The van der Waals surface area contributed by atoms with Crippen molar-refractivity contribution in [3.05, 3.63) is 17.5 Å². The molecule has 0 aromatic carbocycles. The number of carbonyl (C=O) groups is 1. The van der Waals surface area contributed by atoms with Crippen LogP contribution in [-0.2, 0) is 16.5 Å². The molecule has 0 radical (unpaired) electrons. The highest BCUT2D eigenvalue weighted by Gasteiger charge is 2.21. The Balaban J connectivity index is 2.20. The number of methoxy groups -OCH3 is 1. The summed E-state index contributed by atoms with van der Waals surface area (Å²) in [6.07, 6.45) is 0. The van der Waals surface area contributed by atoms with Gasteiger partial charge in [0.1, 0.15) is 0 Å². The quantitative estimate of drug-likeness (QED) is 0.710. The molecule has 0 bridgehead atoms. The summed E-state index contributed by atoms with van der Waals surface area (Å²) in [5, 5.41) is 7.41. The van der Waals surface area contributed by atoms with E-state index < -0.39 is 5.97 Å². The van der Waals surface area contributed by atoms with Crippen molar-refractivity contribution >= 4 is 5.97 Å². The lowest BCUT2D eigenvalue weighted by atomic mass is 10.2. The second-order valence-corrected chi connectivity index (χ2v) is 3.65. The smallest absolute Gasteiger partial charge is 0.358 e. The Labute approximate surface area is 93.5 Å². The summed E-state index contributed by atoms with van der Waals surface area (Å²) >= 11 is 0. The zero-order valence-electron chi connectivity index (χ0n) is 9.40. The van der Waals surface area contributed by atoms with Gasteiger partial charge in [-0.05, 0) is 6.07 Å². The van der Waals surface area contributed by atoms with Gasteiger partial charge in [0.25, 0.3) is 0 Å². The number of hydrogen-bond acceptors (Lipinski definition) is 5. The zero-order chi connectivity index (χ0) is 11.5. The molecule has 2 rings (SSSR count). The van der Waals surface area contributed by atoms with E-state index in [9.17, 15) is 4.79 Å². The van der Waals surface area contributed by atoms with Gasteiger partial charge in [-0.3, -0.25) is 4.68 Å². The number of ether oxygens (including phenoxy) is 2. The summed E-state index contributed by atoms with van der Waals surface area (Å²) in [6.45, 7) is 2.13. The van der Waals surface area contributed by atoms with Gasteiger partial charge >= 0.3 is 5.97 Å². The van der Waals surface area contributed by atoms with Crippen LogP contribution in [0.5, 0.6) is 0 Å². The van der Waals surface area contributed by atoms with Gasteiger partial charge in [-0.2, -0.15) is 5.10 Å². The van der Waals surface area contributed by atoms with Gasteiger partial charge in [-0.1, -0.05) is 0 Å². The van der Waals surface area contributed by atoms with Crippen molar-refractivity contribution in [2.45, 2.75) is 6.04 Å². The fourth-order valence-corrected chi connectivity index (χ4v) is 1.77. The topological polar surface area (TPSA) is 65.4 Å². The average Bonchev–Trinajstić information content (AvgIpc) is 2.71. The molecular formula is C10H15N3O3. The first-order valence-electron chi connectivity index (χ1n) is 5.15. The minimum atomic E-state index is -0.418. The molecule has 1 saturated heterocycles. The normalized spacial score (nSPS) is 20.8. The van der Waals surface area contributed by atoms with Crippen LogP contribution in [0.4, 0.5) is 0 Å². The number of esters is 1. The van der Waals surface area contributed by atoms with Gasteiger partial charge < -0.3 is 14.8 Å². The van der Waals surface area contributed by atoms with Gasteiger partial charge in [-0.15, -0.1) is 0 Å². The van der Waals surface area contributed by atoms with Crippen molar-refractivity contribution in [2.24, 2.45) is 7.05 Å². The Kier molecular flexibility index (Phi) is 3.21. The lowest BCUT2D eigenvalue weighted by Gasteiger charge is -2.23. The van der Waals surface area contributed by atoms with Crippen LogP contribution in [0.25, 0.3) is 0 Å². The van der Waals surface area contributed by atoms with Crippen molar-refractivity contribution in [2.75, 3.05) is 26.9 Å². The summed E-state index contributed by atoms with van der Waals surface area (Å²) in [6, 6.07) is 1.82. The number of nitrogens with zero attached hydrogens (tertiary/aromatic N) is 2. The molecular weight excluding hydrogens is 210 g/mol. The maximum absolute atomic E-state index is 11.3. The van der Waals surface area contributed by atoms with Crippen molar-refractivity contribution < 1.29 is 14.3 Å². The molecule has 6 heteroatoms. The van der Waals surface area contributed by atoms with Crippen molar-refractivity contribution in [3.63, 3.8) is 0 Å². The van der Waals surface area contributed by atoms with Crippen LogP contribution in [0, 0.1) is 0 Å². The minimum Gasteiger partial charge on any atom is -0.464 e. The van der Waals surface area contributed by atoms with Gasteiger partial charge in [0, 0.05) is 13.6 Å². The first kappa shape index (κ1) is 11.1. The van der Waals surface area contributed by atoms with Crippen molar-refractivity contribution in [1.29, 1.82) is 0 Å². The van der Waals surface area contributed by atoms with Gasteiger partial charge in [0.15, 0.2) is 5.69 Å². The first-order valence-corrected chi connectivity index (χ1v) is 5.15. The van der Waals surface area contributed by atoms with E-state index in [2.05, 4.69) is 15.2 Å². The van der Waals surface area contributed by atoms with Crippen LogP contribution in [0.3, 0.4) is 0 Å². The molecule has 1 atom stereocenters. The van der Waals surface area contributed by atoms with Crippen LogP contribution in [0.2, 0.25) is 0 Å². The van der Waals surface area contributed by atoms with E-state index in [1.165, 1.54) is 7.11 Å². The van der Waals surface area contributed by atoms with Crippen LogP contribution >= 0.6 is 0 Å². The molecule has 1 aromatic rings. The Hall–Kier alpha value is -1.40. The number of hydrogen-bond donors (Lipinski definition) is 1. The molecule has 0 aliphatic carbocycles. The minimum absolute atomic E-state index is 0.0876. The van der Waals surface area contributed by atoms with Crippen LogP contribution in [0.1, 0.15) is 22.2 Å². The zero-order valence-corrected chi connectivity index (χ0v) is 9.40. The summed E-state index contributed by atoms with van der Waals surface area (Å²) in [5.74, 6) is -0.418. The van der Waals surface area contributed by atoms with Gasteiger partial charge in [0.05, 0.1) is 32.1 Å². The number of aryl methyl sites for hydroxylation is 1. The molecule has 0 saturated carbocycles. The van der Waals surface area contributed by atoms with E-state index in [4.69, 9.17) is 4.74 Å². The van der Waals surface area contributed by atoms with E-state index >= 15 is 0 Å². The van der Waals surface area contributed by atoms with E-state index in [0.717, 1.165) is 18.8 Å². The van der Waals surface area contributed by atoms with Crippen LogP contribution in [-0.4, -0.2) is 42.6 Å². The molecule has 1 aliphatic rings. The Morgan fingerprint density at radius 2 is 2.56 bits per heavy atom. The second kappa shape index (κ2) is 4.63. The highest BCUT2D eigenvalue weighted by molar-refractivity contribution is 5.87. The summed E-state index contributed by atoms with van der Waals surface area (Å²) < 4.78 is 11.7. The molecule has 1 unspecified atom stereocenters. The summed E-state index contributed by atoms with van der Waals surface area (Å²) in [7, 11) is 3.15. The van der Waals surface area contributed by atoms with Crippen LogP contribution in [0.15, 0.2) is 6.07 Å². The molecule has 1 fully saturated rings. The molecule has 2 heterocycles. The third-order valence-electron chi connectivity index (χ3n) is 2.59. The lowest BCUT2D eigenvalue weighted by molar-refractivity contribution is 0.0593. The average molecular weight is 225 g/mol. The number of nitrogens with one attached hydrogen (secondary N) is 1. The Morgan fingerprint density at radius 3 is 3.19 bits per heavy atom. The molecule has 0 spiro atoms. The number of aromatic nitrogens is 2. The predicted octanol–water partition coefficient (Wildman–Crippen LogP) is -0.132. The monoisotopic (exact) mass is 225 g/mol. The highest BCUT2D eigenvalue weighted by Crippen LogP contribution is 2.16. The second-order valence-electron chi connectivity index (χ2n) is 3.65. The third-order valence-corrected chi connectivity index (χ3v) is 2.59. The fourth-order valence-electron chi connectivity index (χ4n) is 1.77. The first-order chi connectivity index (χ1) is 7.72. The number of morpholine rings is 1. The standard InChI is InChI=1S/C10H15N3O3/c1-13-9(8-6-16-4-3-11-8)5-7(12-13)10(14)15-2/h5,8,11H,3-4,6H2,1-2H3. The molecule has 6 nitrogen and oxygen atoms in total. The van der Waals surface area contributed by atoms with Crippen molar-refractivity contribution in [3.8, 4) is 0 Å².